The summed E-state index contributed by atoms with van der Waals surface area (Å²) in [6.45, 7) is 4.34. The van der Waals surface area contributed by atoms with Gasteiger partial charge in [0, 0.05) is 58.6 Å². The van der Waals surface area contributed by atoms with Gasteiger partial charge in [-0.2, -0.15) is 0 Å². The van der Waals surface area contributed by atoms with Crippen LogP contribution in [0.4, 0.5) is 0 Å². The summed E-state index contributed by atoms with van der Waals surface area (Å²) in [7, 11) is 3.92. The zero-order valence-corrected chi connectivity index (χ0v) is 17.8. The summed E-state index contributed by atoms with van der Waals surface area (Å²) in [5, 5.41) is 3.44. The van der Waals surface area contributed by atoms with Crippen molar-refractivity contribution >= 4 is 29.9 Å². The molecule has 0 amide bonds. The first-order chi connectivity index (χ1) is 12.2. The molecule has 2 heterocycles. The van der Waals surface area contributed by atoms with Crippen LogP contribution in [0.25, 0.3) is 0 Å². The molecule has 1 aliphatic rings. The highest BCUT2D eigenvalue weighted by Crippen LogP contribution is 2.13. The van der Waals surface area contributed by atoms with E-state index in [1.54, 1.807) is 6.20 Å². The quantitative estimate of drug-likeness (QED) is 0.402. The van der Waals surface area contributed by atoms with Gasteiger partial charge in [0.25, 0.3) is 0 Å². The van der Waals surface area contributed by atoms with Gasteiger partial charge >= 0.3 is 0 Å². The Hall–Kier alpha value is -1.61. The SMILES string of the molecule is CN=C(NCc1ccc(Cn2ccnc2)cc1)N(C)CC1CCOC1.I. The second-order valence-electron chi connectivity index (χ2n) is 6.56. The standard InChI is InChI=1S/C19H27N5O.HI/c1-20-19(23(2)12-18-7-10-25-14-18)22-11-16-3-5-17(6-4-16)13-24-9-8-21-15-24;/h3-6,8-9,15,18H,7,10-14H2,1-2H3,(H,20,22);1H. The van der Waals surface area contributed by atoms with Gasteiger partial charge in [-0.1, -0.05) is 24.3 Å². The first-order valence-corrected chi connectivity index (χ1v) is 8.77. The Bertz CT molecular complexity index is 666. The maximum absolute atomic E-state index is 5.46. The van der Waals surface area contributed by atoms with E-state index >= 15 is 0 Å². The number of benzene rings is 1. The van der Waals surface area contributed by atoms with E-state index in [-0.39, 0.29) is 24.0 Å². The minimum absolute atomic E-state index is 0. The molecule has 1 aromatic carbocycles. The van der Waals surface area contributed by atoms with E-state index in [9.17, 15) is 0 Å². The number of rotatable bonds is 6. The minimum atomic E-state index is 0. The second kappa shape index (κ2) is 10.5. The average molecular weight is 469 g/mol. The number of guanidine groups is 1. The third-order valence-electron chi connectivity index (χ3n) is 4.53. The Morgan fingerprint density at radius 2 is 2.12 bits per heavy atom. The van der Waals surface area contributed by atoms with Gasteiger partial charge in [0.15, 0.2) is 5.96 Å². The molecular formula is C19H28IN5O. The van der Waals surface area contributed by atoms with Gasteiger partial charge in [0.1, 0.15) is 0 Å². The molecule has 0 spiro atoms. The number of ether oxygens (including phenoxy) is 1. The van der Waals surface area contributed by atoms with Gasteiger partial charge in [0.05, 0.1) is 12.9 Å². The smallest absolute Gasteiger partial charge is 0.193 e. The molecule has 1 atom stereocenters. The number of aromatic nitrogens is 2. The summed E-state index contributed by atoms with van der Waals surface area (Å²) >= 11 is 0. The number of nitrogens with zero attached hydrogens (tertiary/aromatic N) is 4. The van der Waals surface area contributed by atoms with Crippen LogP contribution >= 0.6 is 24.0 Å². The third kappa shape index (κ3) is 5.98. The van der Waals surface area contributed by atoms with Gasteiger partial charge in [-0.25, -0.2) is 4.98 Å². The summed E-state index contributed by atoms with van der Waals surface area (Å²) in [6, 6.07) is 8.66. The second-order valence-corrected chi connectivity index (χ2v) is 6.56. The van der Waals surface area contributed by atoms with Crippen LogP contribution in [-0.4, -0.2) is 54.3 Å². The molecule has 0 radical (unpaired) electrons. The van der Waals surface area contributed by atoms with Crippen LogP contribution in [0.2, 0.25) is 0 Å². The average Bonchev–Trinajstić information content (AvgIpc) is 3.31. The van der Waals surface area contributed by atoms with Crippen LogP contribution in [0.5, 0.6) is 0 Å². The summed E-state index contributed by atoms with van der Waals surface area (Å²) in [6.07, 6.45) is 6.76. The van der Waals surface area contributed by atoms with Crippen molar-refractivity contribution in [3.63, 3.8) is 0 Å². The highest BCUT2D eigenvalue weighted by Gasteiger charge is 2.18. The van der Waals surface area contributed by atoms with Gasteiger partial charge in [-0.15, -0.1) is 24.0 Å². The van der Waals surface area contributed by atoms with Crippen molar-refractivity contribution in [3.05, 3.63) is 54.1 Å². The van der Waals surface area contributed by atoms with E-state index in [4.69, 9.17) is 4.74 Å². The molecule has 1 fully saturated rings. The zero-order valence-electron chi connectivity index (χ0n) is 15.5. The van der Waals surface area contributed by atoms with E-state index in [0.717, 1.165) is 45.2 Å². The van der Waals surface area contributed by atoms with Crippen LogP contribution in [0, 0.1) is 5.92 Å². The van der Waals surface area contributed by atoms with Crippen LogP contribution in [0.1, 0.15) is 17.5 Å². The monoisotopic (exact) mass is 469 g/mol. The maximum Gasteiger partial charge on any atom is 0.193 e. The molecular weight excluding hydrogens is 441 g/mol. The fourth-order valence-corrected chi connectivity index (χ4v) is 3.12. The lowest BCUT2D eigenvalue weighted by atomic mass is 10.1. The lowest BCUT2D eigenvalue weighted by Crippen LogP contribution is -2.41. The topological polar surface area (TPSA) is 54.7 Å². The molecule has 1 saturated heterocycles. The van der Waals surface area contributed by atoms with Gasteiger partial charge < -0.3 is 19.5 Å². The highest BCUT2D eigenvalue weighted by atomic mass is 127. The normalized spacial score (nSPS) is 17.0. The number of hydrogen-bond acceptors (Lipinski definition) is 3. The minimum Gasteiger partial charge on any atom is -0.381 e. The van der Waals surface area contributed by atoms with Crippen molar-refractivity contribution in [2.75, 3.05) is 33.9 Å². The molecule has 7 heteroatoms. The van der Waals surface area contributed by atoms with Gasteiger partial charge in [-0.05, 0) is 17.5 Å². The van der Waals surface area contributed by atoms with Crippen LogP contribution < -0.4 is 5.32 Å². The van der Waals surface area contributed by atoms with E-state index in [2.05, 4.69) is 56.1 Å². The van der Waals surface area contributed by atoms with E-state index in [1.807, 2.05) is 19.6 Å². The molecule has 6 nitrogen and oxygen atoms in total. The van der Waals surface area contributed by atoms with Gasteiger partial charge in [-0.3, -0.25) is 4.99 Å². The lowest BCUT2D eigenvalue weighted by Gasteiger charge is -2.24. The van der Waals surface area contributed by atoms with E-state index in [1.165, 1.54) is 11.1 Å². The molecule has 1 N–H and O–H groups in total. The van der Waals surface area contributed by atoms with Crippen LogP contribution in [-0.2, 0) is 17.8 Å². The van der Waals surface area contributed by atoms with Crippen molar-refractivity contribution in [1.29, 1.82) is 0 Å². The molecule has 0 bridgehead atoms. The summed E-state index contributed by atoms with van der Waals surface area (Å²) in [5.41, 5.74) is 2.51. The number of aliphatic imine (C=N–C) groups is 1. The predicted octanol–water partition coefficient (Wildman–Crippen LogP) is 2.59. The molecule has 2 aromatic rings. The molecule has 26 heavy (non-hydrogen) atoms. The maximum atomic E-state index is 5.46. The van der Waals surface area contributed by atoms with Crippen molar-refractivity contribution in [2.45, 2.75) is 19.5 Å². The van der Waals surface area contributed by atoms with Gasteiger partial charge in [0.2, 0.25) is 0 Å². The summed E-state index contributed by atoms with van der Waals surface area (Å²) < 4.78 is 7.52. The largest absolute Gasteiger partial charge is 0.381 e. The van der Waals surface area contributed by atoms with Crippen LogP contribution in [0.3, 0.4) is 0 Å². The molecule has 0 aliphatic carbocycles. The van der Waals surface area contributed by atoms with Crippen molar-refractivity contribution in [3.8, 4) is 0 Å². The summed E-state index contributed by atoms with van der Waals surface area (Å²) in [4.78, 5) is 10.7. The molecule has 1 unspecified atom stereocenters. The molecule has 0 saturated carbocycles. The Morgan fingerprint density at radius 1 is 1.35 bits per heavy atom. The summed E-state index contributed by atoms with van der Waals surface area (Å²) in [5.74, 6) is 1.53. The van der Waals surface area contributed by atoms with Crippen molar-refractivity contribution < 1.29 is 4.74 Å². The molecule has 142 valence electrons. The lowest BCUT2D eigenvalue weighted by molar-refractivity contribution is 0.181. The number of hydrogen-bond donors (Lipinski definition) is 1. The predicted molar refractivity (Wildman–Crippen MR) is 115 cm³/mol. The Kier molecular flexibility index (Phi) is 8.37. The fourth-order valence-electron chi connectivity index (χ4n) is 3.12. The third-order valence-corrected chi connectivity index (χ3v) is 4.53. The number of nitrogens with one attached hydrogen (secondary N) is 1. The first-order valence-electron chi connectivity index (χ1n) is 8.77. The fraction of sp³-hybridized carbons (Fsp3) is 0.474. The van der Waals surface area contributed by atoms with E-state index in [0.29, 0.717) is 5.92 Å². The van der Waals surface area contributed by atoms with Crippen molar-refractivity contribution in [2.24, 2.45) is 10.9 Å². The Balaban J connectivity index is 0.00000243. The van der Waals surface area contributed by atoms with E-state index < -0.39 is 0 Å². The molecule has 1 aromatic heterocycles. The Morgan fingerprint density at radius 3 is 2.73 bits per heavy atom. The first kappa shape index (κ1) is 20.7. The molecule has 1 aliphatic heterocycles. The van der Waals surface area contributed by atoms with Crippen molar-refractivity contribution in [1.82, 2.24) is 19.8 Å². The van der Waals surface area contributed by atoms with Crippen LogP contribution in [0.15, 0.2) is 48.0 Å². The Labute approximate surface area is 172 Å². The number of halogens is 1. The zero-order chi connectivity index (χ0) is 17.5. The molecule has 3 rings (SSSR count). The highest BCUT2D eigenvalue weighted by molar-refractivity contribution is 14.0. The number of imidazole rings is 1.